The number of aromatic nitrogens is 1. The molecule has 5 atom stereocenters. The van der Waals surface area contributed by atoms with Gasteiger partial charge in [0.15, 0.2) is 6.61 Å². The highest BCUT2D eigenvalue weighted by Gasteiger charge is 2.35. The van der Waals surface area contributed by atoms with Crippen LogP contribution in [0.1, 0.15) is 34.2 Å². The fraction of sp³-hybridized carbons (Fsp3) is 0.193. The number of carboxylic acid groups (broad SMARTS) is 1. The van der Waals surface area contributed by atoms with Crippen LogP contribution in [0.25, 0.3) is 27.6 Å². The zero-order valence-corrected chi connectivity index (χ0v) is 39.1. The summed E-state index contributed by atoms with van der Waals surface area (Å²) in [5.41, 5.74) is 5.39. The molecule has 7 N–H and O–H groups in total. The molecule has 5 amide bonds. The molecule has 0 radical (unpaired) electrons. The lowest BCUT2D eigenvalue weighted by molar-refractivity contribution is -0.142. The molecule has 1 aromatic heterocycles. The highest BCUT2D eigenvalue weighted by Crippen LogP contribution is 2.27. The molecule has 72 heavy (non-hydrogen) atoms. The number of para-hydroxylation sites is 1. The van der Waals surface area contributed by atoms with Crippen molar-refractivity contribution >= 4 is 52.0 Å². The Hall–Kier alpha value is -8.85. The third kappa shape index (κ3) is 12.7. The third-order valence-corrected chi connectivity index (χ3v) is 12.5. The number of hydrogen-bond acceptors (Lipinski definition) is 7. The predicted octanol–water partition coefficient (Wildman–Crippen LogP) is 6.25. The molecule has 0 aliphatic carbocycles. The number of halogens is 1. The zero-order valence-electron chi connectivity index (χ0n) is 39.1. The Kier molecular flexibility index (Phi) is 16.0. The van der Waals surface area contributed by atoms with Crippen LogP contribution < -0.4 is 31.3 Å². The molecule has 0 saturated heterocycles. The van der Waals surface area contributed by atoms with E-state index in [-0.39, 0.29) is 42.6 Å². The number of hydrogen-bond donors (Lipinski definition) is 7. The minimum Gasteiger partial charge on any atom is -0.484 e. The number of carboxylic acids is 1. The van der Waals surface area contributed by atoms with Crippen molar-refractivity contribution in [1.29, 1.82) is 0 Å². The predicted molar refractivity (Wildman–Crippen MR) is 271 cm³/mol. The van der Waals surface area contributed by atoms with Gasteiger partial charge < -0.3 is 41.4 Å². The zero-order chi connectivity index (χ0) is 50.6. The highest BCUT2D eigenvalue weighted by molar-refractivity contribution is 6.05. The first-order chi connectivity index (χ1) is 34.9. The summed E-state index contributed by atoms with van der Waals surface area (Å²) in [5.74, 6) is -5.75. The Labute approximate surface area is 415 Å². The number of aryl methyl sites for hydroxylation is 1. The second-order valence-corrected chi connectivity index (χ2v) is 17.6. The average molecular weight is 969 g/mol. The fourth-order valence-electron chi connectivity index (χ4n) is 8.61. The van der Waals surface area contributed by atoms with Gasteiger partial charge in [-0.3, -0.25) is 24.0 Å². The molecule has 2 aliphatic rings. The Morgan fingerprint density at radius 2 is 1.31 bits per heavy atom. The largest absolute Gasteiger partial charge is 0.484 e. The van der Waals surface area contributed by atoms with E-state index in [0.29, 0.717) is 23.1 Å². The second-order valence-electron chi connectivity index (χ2n) is 17.6. The smallest absolute Gasteiger partial charge is 0.326 e. The number of carbonyl (C=O) groups excluding carboxylic acids is 5. The van der Waals surface area contributed by atoms with Crippen LogP contribution >= 0.6 is 0 Å². The number of amides is 5. The summed E-state index contributed by atoms with van der Waals surface area (Å²) < 4.78 is 21.3. The average Bonchev–Trinajstić information content (AvgIpc) is 3.83. The van der Waals surface area contributed by atoms with Gasteiger partial charge >= 0.3 is 5.97 Å². The first-order valence-corrected chi connectivity index (χ1v) is 23.5. The first kappa shape index (κ1) is 49.6. The highest BCUT2D eigenvalue weighted by atomic mass is 19.1. The Morgan fingerprint density at radius 3 is 2.03 bits per heavy atom. The van der Waals surface area contributed by atoms with Gasteiger partial charge in [0.1, 0.15) is 41.8 Å². The van der Waals surface area contributed by atoms with Crippen LogP contribution in [0, 0.1) is 5.82 Å². The number of rotatable bonds is 13. The normalized spacial score (nSPS) is 18.2. The SMILES string of the molecule is C=C(c1c[nH]c2ccccc12)C1NC(=O)COc2ccc(cc2)CC(C(=O)NC(CCc2ccccc2)C(=O)O)NC(=O)C(Cc2ccccc2F)NC(=O)C(Cc2ccc(-c3ccccc3)cc2)NC1=O. The van der Waals surface area contributed by atoms with Crippen LogP contribution in [0.2, 0.25) is 0 Å². The Bertz CT molecular complexity index is 3070. The monoisotopic (exact) mass is 968 g/mol. The van der Waals surface area contributed by atoms with Crippen molar-refractivity contribution in [3.63, 3.8) is 0 Å². The van der Waals surface area contributed by atoms with Gasteiger partial charge in [-0.2, -0.15) is 0 Å². The molecule has 5 unspecified atom stereocenters. The summed E-state index contributed by atoms with van der Waals surface area (Å²) in [5, 5.41) is 24.6. The quantitative estimate of drug-likeness (QED) is 0.0656. The van der Waals surface area contributed by atoms with Crippen LogP contribution in [-0.2, 0) is 54.5 Å². The van der Waals surface area contributed by atoms with E-state index < -0.39 is 78.1 Å². The van der Waals surface area contributed by atoms with E-state index in [1.165, 1.54) is 18.2 Å². The van der Waals surface area contributed by atoms with Crippen LogP contribution in [0.15, 0.2) is 171 Å². The summed E-state index contributed by atoms with van der Waals surface area (Å²) in [6, 6.07) is 38.4. The first-order valence-electron chi connectivity index (χ1n) is 23.5. The van der Waals surface area contributed by atoms with E-state index in [2.05, 4.69) is 38.1 Å². The van der Waals surface area contributed by atoms with Crippen LogP contribution in [0.3, 0.4) is 0 Å². The van der Waals surface area contributed by atoms with Gasteiger partial charge in [-0.1, -0.05) is 140 Å². The molecule has 9 rings (SSSR count). The van der Waals surface area contributed by atoms with Crippen molar-refractivity contribution in [2.24, 2.45) is 0 Å². The van der Waals surface area contributed by atoms with Crippen molar-refractivity contribution in [3.05, 3.63) is 204 Å². The van der Waals surface area contributed by atoms with Gasteiger partial charge in [-0.15, -0.1) is 0 Å². The molecule has 2 aliphatic heterocycles. The number of carbonyl (C=O) groups is 6. The summed E-state index contributed by atoms with van der Waals surface area (Å²) >= 11 is 0. The molecule has 0 spiro atoms. The lowest BCUT2D eigenvalue weighted by Gasteiger charge is -2.27. The van der Waals surface area contributed by atoms with E-state index >= 15 is 4.39 Å². The number of fused-ring (bicyclic) bond motifs is 17. The summed E-state index contributed by atoms with van der Waals surface area (Å²) in [7, 11) is 0. The number of aromatic amines is 1. The van der Waals surface area contributed by atoms with Crippen LogP contribution in [0.5, 0.6) is 5.75 Å². The van der Waals surface area contributed by atoms with Gasteiger partial charge in [0.05, 0.1) is 0 Å². The van der Waals surface area contributed by atoms with Crippen LogP contribution in [-0.4, -0.2) is 82.4 Å². The van der Waals surface area contributed by atoms with Crippen LogP contribution in [0.4, 0.5) is 4.39 Å². The second kappa shape index (κ2) is 23.2. The summed E-state index contributed by atoms with van der Waals surface area (Å²) in [6.07, 6.45) is 1.39. The fourth-order valence-corrected chi connectivity index (χ4v) is 8.61. The van der Waals surface area contributed by atoms with E-state index in [1.807, 2.05) is 97.1 Å². The van der Waals surface area contributed by atoms with E-state index in [4.69, 9.17) is 4.74 Å². The van der Waals surface area contributed by atoms with Gasteiger partial charge in [0, 0.05) is 41.9 Å². The van der Waals surface area contributed by atoms with Gasteiger partial charge in [0.25, 0.3) is 5.91 Å². The van der Waals surface area contributed by atoms with E-state index in [1.54, 1.807) is 48.7 Å². The minimum absolute atomic E-state index is 0.0371. The lowest BCUT2D eigenvalue weighted by atomic mass is 9.97. The maximum atomic E-state index is 15.5. The third-order valence-electron chi connectivity index (χ3n) is 12.5. The molecule has 3 heterocycles. The number of nitrogens with one attached hydrogen (secondary N) is 6. The summed E-state index contributed by atoms with van der Waals surface area (Å²) in [6.45, 7) is 3.72. The number of ether oxygens (including phenoxy) is 1. The molecule has 0 saturated carbocycles. The molecular formula is C57H53FN6O8. The van der Waals surface area contributed by atoms with E-state index in [0.717, 1.165) is 27.6 Å². The molecular weight excluding hydrogens is 916 g/mol. The summed E-state index contributed by atoms with van der Waals surface area (Å²) in [4.78, 5) is 88.1. The van der Waals surface area contributed by atoms with E-state index in [9.17, 15) is 33.9 Å². The Balaban J connectivity index is 1.15. The van der Waals surface area contributed by atoms with Gasteiger partial charge in [-0.05, 0) is 76.1 Å². The van der Waals surface area contributed by atoms with Crippen molar-refractivity contribution in [2.75, 3.05) is 6.61 Å². The molecule has 6 aromatic carbocycles. The standard InChI is InChI=1S/C57H53FN6O8/c1-35(44-33-59-46-19-11-9-17-43(44)46)52-56(69)63-49(30-37-20-25-40(26-21-37)39-14-6-3-7-15-39)54(67)62-50(32-41-16-8-10-18-45(41)58)55(68)61-48(31-38-22-27-42(28-23-38)72-34-51(65)64-52)53(66)60-47(57(70)71)29-24-36-12-4-2-5-13-36/h2-23,25-28,33,47-50,52,59H,1,24,29-32,34H2,(H,60,66)(H,61,68)(H,62,67)(H,63,69)(H,64,65)(H,70,71). The van der Waals surface area contributed by atoms with Crippen molar-refractivity contribution in [1.82, 2.24) is 31.6 Å². The molecule has 2 bridgehead atoms. The molecule has 0 fully saturated rings. The molecule has 15 heteroatoms. The van der Waals surface area contributed by atoms with Gasteiger partial charge in [-0.25, -0.2) is 9.18 Å². The number of aliphatic carboxylic acids is 1. The topological polar surface area (TPSA) is 208 Å². The van der Waals surface area contributed by atoms with Crippen molar-refractivity contribution in [2.45, 2.75) is 62.3 Å². The molecule has 366 valence electrons. The lowest BCUT2D eigenvalue weighted by Crippen LogP contribution is -2.60. The Morgan fingerprint density at radius 1 is 0.681 bits per heavy atom. The maximum Gasteiger partial charge on any atom is 0.326 e. The number of H-pyrrole nitrogens is 1. The minimum atomic E-state index is -1.55. The molecule has 7 aromatic rings. The number of benzene rings is 6. The van der Waals surface area contributed by atoms with Crippen molar-refractivity contribution in [3.8, 4) is 16.9 Å². The maximum absolute atomic E-state index is 15.5. The van der Waals surface area contributed by atoms with Gasteiger partial charge in [0.2, 0.25) is 23.6 Å². The molecule has 14 nitrogen and oxygen atoms in total. The van der Waals surface area contributed by atoms with Crippen molar-refractivity contribution < 1.29 is 43.0 Å².